The lowest BCUT2D eigenvalue weighted by Crippen LogP contribution is -2.46. The maximum atomic E-state index is 14.5. The molecule has 0 aliphatic heterocycles. The van der Waals surface area contributed by atoms with E-state index in [4.69, 9.17) is 0 Å². The van der Waals surface area contributed by atoms with E-state index < -0.39 is 28.7 Å². The Kier molecular flexibility index (Phi) is 6.26. The van der Waals surface area contributed by atoms with Gasteiger partial charge >= 0.3 is 5.69 Å². The first-order chi connectivity index (χ1) is 15.9. The maximum Gasteiger partial charge on any atom is 0.352 e. The van der Waals surface area contributed by atoms with E-state index in [9.17, 15) is 18.8 Å². The van der Waals surface area contributed by atoms with Crippen LogP contribution >= 0.6 is 0 Å². The molecule has 33 heavy (non-hydrogen) atoms. The van der Waals surface area contributed by atoms with Crippen LogP contribution in [-0.4, -0.2) is 20.3 Å². The fourth-order valence-electron chi connectivity index (χ4n) is 3.31. The molecule has 0 saturated carbocycles. The Labute approximate surface area is 188 Å². The second-order valence-electron chi connectivity index (χ2n) is 7.54. The summed E-state index contributed by atoms with van der Waals surface area (Å²) in [5, 5.41) is 6.59. The van der Waals surface area contributed by atoms with E-state index in [0.29, 0.717) is 5.56 Å². The third kappa shape index (κ3) is 4.79. The highest BCUT2D eigenvalue weighted by molar-refractivity contribution is 5.91. The Morgan fingerprint density at radius 2 is 1.58 bits per heavy atom. The second kappa shape index (κ2) is 9.44. The van der Waals surface area contributed by atoms with Crippen molar-refractivity contribution in [1.29, 1.82) is 0 Å². The summed E-state index contributed by atoms with van der Waals surface area (Å²) in [7, 11) is 0. The molecule has 4 aromatic rings. The zero-order chi connectivity index (χ0) is 23.4. The molecule has 0 atom stereocenters. The fraction of sp³-hybridized carbons (Fsp3) is 0.120. The number of aryl methyl sites for hydroxylation is 1. The maximum absolute atomic E-state index is 14.5. The van der Waals surface area contributed by atoms with E-state index in [1.54, 1.807) is 12.1 Å². The summed E-state index contributed by atoms with van der Waals surface area (Å²) in [6.45, 7) is 1.99. The number of benzene rings is 3. The number of halogens is 1. The van der Waals surface area contributed by atoms with Gasteiger partial charge in [0.05, 0.1) is 6.54 Å². The van der Waals surface area contributed by atoms with Gasteiger partial charge in [0, 0.05) is 6.54 Å². The first-order valence-corrected chi connectivity index (χ1v) is 10.3. The topological polar surface area (TPSA) is 86.0 Å². The Bertz CT molecular complexity index is 1410. The number of rotatable bonds is 6. The van der Waals surface area contributed by atoms with Gasteiger partial charge in [-0.15, -0.1) is 0 Å². The molecule has 1 heterocycles. The number of carbonyl (C=O) groups excluding carboxylic acids is 1. The molecule has 0 radical (unpaired) electrons. The number of nitrogens with zero attached hydrogens (tertiary/aromatic N) is 3. The van der Waals surface area contributed by atoms with Gasteiger partial charge < -0.3 is 5.32 Å². The van der Waals surface area contributed by atoms with Crippen molar-refractivity contribution in [2.75, 3.05) is 0 Å². The molecule has 1 amide bonds. The molecule has 0 bridgehead atoms. The molecule has 0 unspecified atom stereocenters. The molecule has 0 fully saturated rings. The Balaban J connectivity index is 1.79. The van der Waals surface area contributed by atoms with E-state index in [1.165, 1.54) is 24.3 Å². The summed E-state index contributed by atoms with van der Waals surface area (Å²) in [5.74, 6) is -1.46. The number of aromatic nitrogens is 3. The van der Waals surface area contributed by atoms with Crippen LogP contribution in [0.1, 0.15) is 27.2 Å². The average Bonchev–Trinajstić information content (AvgIpc) is 2.83. The molecule has 7 nitrogen and oxygen atoms in total. The summed E-state index contributed by atoms with van der Waals surface area (Å²) in [6.07, 6.45) is 0. The highest BCUT2D eigenvalue weighted by Crippen LogP contribution is 2.10. The average molecular weight is 444 g/mol. The molecular formula is C25H21FN4O3. The van der Waals surface area contributed by atoms with Crippen LogP contribution in [0.15, 0.2) is 88.5 Å². The molecule has 1 aromatic heterocycles. The highest BCUT2D eigenvalue weighted by atomic mass is 19.1. The predicted octanol–water partition coefficient (Wildman–Crippen LogP) is 2.82. The number of amides is 1. The van der Waals surface area contributed by atoms with Gasteiger partial charge in [-0.25, -0.2) is 9.18 Å². The molecule has 1 N–H and O–H groups in total. The van der Waals surface area contributed by atoms with E-state index in [-0.39, 0.29) is 18.8 Å². The van der Waals surface area contributed by atoms with Crippen LogP contribution in [-0.2, 0) is 13.1 Å². The normalized spacial score (nSPS) is 10.7. The van der Waals surface area contributed by atoms with Gasteiger partial charge in [-0.2, -0.15) is 9.78 Å². The van der Waals surface area contributed by atoms with Crippen molar-refractivity contribution in [2.45, 2.75) is 20.0 Å². The van der Waals surface area contributed by atoms with Crippen molar-refractivity contribution in [1.82, 2.24) is 19.7 Å². The van der Waals surface area contributed by atoms with Crippen LogP contribution in [0.2, 0.25) is 0 Å². The molecule has 3 aromatic carbocycles. The van der Waals surface area contributed by atoms with Gasteiger partial charge in [0.1, 0.15) is 11.5 Å². The molecular weight excluding hydrogens is 423 g/mol. The summed E-state index contributed by atoms with van der Waals surface area (Å²) in [4.78, 5) is 39.1. The van der Waals surface area contributed by atoms with Crippen LogP contribution in [0.25, 0.3) is 5.69 Å². The molecule has 0 aliphatic rings. The zero-order valence-corrected chi connectivity index (χ0v) is 17.9. The molecule has 166 valence electrons. The fourth-order valence-corrected chi connectivity index (χ4v) is 3.31. The minimum absolute atomic E-state index is 0.0894. The summed E-state index contributed by atoms with van der Waals surface area (Å²) in [6, 6.07) is 22.0. The first kappa shape index (κ1) is 21.9. The van der Waals surface area contributed by atoms with Crippen LogP contribution in [0.4, 0.5) is 4.39 Å². The van der Waals surface area contributed by atoms with E-state index in [2.05, 4.69) is 10.4 Å². The van der Waals surface area contributed by atoms with Gasteiger partial charge in [0.2, 0.25) is 5.69 Å². The quantitative estimate of drug-likeness (QED) is 0.496. The molecule has 4 rings (SSSR count). The van der Waals surface area contributed by atoms with Crippen LogP contribution in [0.3, 0.4) is 0 Å². The molecule has 0 saturated heterocycles. The third-order valence-corrected chi connectivity index (χ3v) is 5.11. The Morgan fingerprint density at radius 3 is 2.27 bits per heavy atom. The van der Waals surface area contributed by atoms with Crippen molar-refractivity contribution >= 4 is 5.91 Å². The monoisotopic (exact) mass is 444 g/mol. The Morgan fingerprint density at radius 1 is 0.909 bits per heavy atom. The number of hydrogen-bond acceptors (Lipinski definition) is 4. The van der Waals surface area contributed by atoms with Gasteiger partial charge in [-0.1, -0.05) is 72.3 Å². The molecule has 0 spiro atoms. The SMILES string of the molecule is Cc1ccc(Cn2c(=O)c(C(=O)NCc3ccccc3)nn(-c3ccccc3F)c2=O)cc1. The third-order valence-electron chi connectivity index (χ3n) is 5.11. The van der Waals surface area contributed by atoms with Crippen molar-refractivity contribution in [3.05, 3.63) is 128 Å². The lowest BCUT2D eigenvalue weighted by Gasteiger charge is -2.13. The summed E-state index contributed by atoms with van der Waals surface area (Å²) in [5.41, 5.74) is 0.183. The van der Waals surface area contributed by atoms with Crippen LogP contribution in [0.5, 0.6) is 0 Å². The van der Waals surface area contributed by atoms with Gasteiger partial charge in [-0.3, -0.25) is 14.2 Å². The van der Waals surface area contributed by atoms with Crippen LogP contribution in [0, 0.1) is 12.7 Å². The van der Waals surface area contributed by atoms with Crippen molar-refractivity contribution in [2.24, 2.45) is 0 Å². The highest BCUT2D eigenvalue weighted by Gasteiger charge is 2.21. The largest absolute Gasteiger partial charge is 0.352 e. The van der Waals surface area contributed by atoms with E-state index in [0.717, 1.165) is 20.4 Å². The number of para-hydroxylation sites is 1. The van der Waals surface area contributed by atoms with Crippen LogP contribution < -0.4 is 16.6 Å². The lowest BCUT2D eigenvalue weighted by molar-refractivity contribution is 0.0941. The van der Waals surface area contributed by atoms with Crippen molar-refractivity contribution in [3.63, 3.8) is 0 Å². The van der Waals surface area contributed by atoms with Gasteiger partial charge in [0.15, 0.2) is 0 Å². The van der Waals surface area contributed by atoms with Gasteiger partial charge in [-0.05, 0) is 30.2 Å². The minimum Gasteiger partial charge on any atom is -0.346 e. The second-order valence-corrected chi connectivity index (χ2v) is 7.54. The smallest absolute Gasteiger partial charge is 0.346 e. The van der Waals surface area contributed by atoms with Gasteiger partial charge in [0.25, 0.3) is 11.5 Å². The van der Waals surface area contributed by atoms with Crippen molar-refractivity contribution < 1.29 is 9.18 Å². The predicted molar refractivity (Wildman–Crippen MR) is 122 cm³/mol. The summed E-state index contributed by atoms with van der Waals surface area (Å²) >= 11 is 0. The number of hydrogen-bond donors (Lipinski definition) is 1. The molecule has 0 aliphatic carbocycles. The number of nitrogens with one attached hydrogen (secondary N) is 1. The lowest BCUT2D eigenvalue weighted by atomic mass is 10.1. The summed E-state index contributed by atoms with van der Waals surface area (Å²) < 4.78 is 16.1. The standard InChI is InChI=1S/C25H21FN4O3/c1-17-11-13-19(14-12-17)16-29-24(32)22(23(31)27-15-18-7-3-2-4-8-18)28-30(25(29)33)21-10-6-5-9-20(21)26/h2-14H,15-16H2,1H3,(H,27,31). The van der Waals surface area contributed by atoms with E-state index in [1.807, 2.05) is 49.4 Å². The number of carbonyl (C=O) groups is 1. The molecule has 8 heteroatoms. The Hall–Kier alpha value is -4.33. The zero-order valence-electron chi connectivity index (χ0n) is 17.9. The van der Waals surface area contributed by atoms with E-state index >= 15 is 0 Å². The van der Waals surface area contributed by atoms with Crippen molar-refractivity contribution in [3.8, 4) is 5.69 Å². The minimum atomic E-state index is -0.848. The first-order valence-electron chi connectivity index (χ1n) is 10.3.